The van der Waals surface area contributed by atoms with Gasteiger partial charge in [0, 0.05) is 31.1 Å². The molecule has 2 heterocycles. The molecule has 2 N–H and O–H groups in total. The molecule has 0 spiro atoms. The largest absolute Gasteiger partial charge is 0.326 e. The van der Waals surface area contributed by atoms with Crippen molar-refractivity contribution in [2.24, 2.45) is 5.73 Å². The predicted molar refractivity (Wildman–Crippen MR) is 72.2 cm³/mol. The minimum absolute atomic E-state index is 0.0411. The second kappa shape index (κ2) is 5.78. The molecule has 0 aliphatic carbocycles. The van der Waals surface area contributed by atoms with Crippen LogP contribution >= 0.6 is 0 Å². The molecule has 0 aliphatic heterocycles. The summed E-state index contributed by atoms with van der Waals surface area (Å²) in [6, 6.07) is 6.06. The molecule has 2 rings (SSSR count). The summed E-state index contributed by atoms with van der Waals surface area (Å²) < 4.78 is 2.15. The van der Waals surface area contributed by atoms with E-state index in [4.69, 9.17) is 5.73 Å². The monoisotopic (exact) mass is 244 g/mol. The van der Waals surface area contributed by atoms with E-state index in [9.17, 15) is 0 Å². The summed E-state index contributed by atoms with van der Waals surface area (Å²) in [4.78, 5) is 8.83. The van der Waals surface area contributed by atoms with Gasteiger partial charge in [-0.25, -0.2) is 4.98 Å². The normalized spacial score (nSPS) is 14.4. The first-order chi connectivity index (χ1) is 8.77. The molecule has 0 saturated carbocycles. The summed E-state index contributed by atoms with van der Waals surface area (Å²) in [5, 5.41) is 0. The molecule has 0 radical (unpaired) electrons. The van der Waals surface area contributed by atoms with Gasteiger partial charge in [-0.3, -0.25) is 4.98 Å². The number of hydrogen-bond acceptors (Lipinski definition) is 3. The number of aryl methyl sites for hydroxylation is 1. The number of hydrogen-bond donors (Lipinski definition) is 1. The van der Waals surface area contributed by atoms with Crippen LogP contribution in [0.2, 0.25) is 0 Å². The molecule has 18 heavy (non-hydrogen) atoms. The average Bonchev–Trinajstić information content (AvgIpc) is 2.88. The molecule has 0 amide bonds. The third-order valence-corrected chi connectivity index (χ3v) is 3.23. The minimum atomic E-state index is 0.0411. The van der Waals surface area contributed by atoms with Crippen LogP contribution in [-0.2, 0) is 6.42 Å². The zero-order chi connectivity index (χ0) is 13.0. The van der Waals surface area contributed by atoms with Crippen molar-refractivity contribution in [3.8, 4) is 0 Å². The molecule has 2 aromatic rings. The third-order valence-electron chi connectivity index (χ3n) is 3.23. The van der Waals surface area contributed by atoms with Crippen LogP contribution in [0.25, 0.3) is 0 Å². The molecule has 96 valence electrons. The van der Waals surface area contributed by atoms with Crippen molar-refractivity contribution in [1.82, 2.24) is 14.5 Å². The Morgan fingerprint density at radius 3 is 2.67 bits per heavy atom. The van der Waals surface area contributed by atoms with E-state index in [1.165, 1.54) is 0 Å². The average molecular weight is 244 g/mol. The molecule has 0 aliphatic rings. The third kappa shape index (κ3) is 2.43. The van der Waals surface area contributed by atoms with E-state index in [0.717, 1.165) is 24.4 Å². The van der Waals surface area contributed by atoms with Gasteiger partial charge in [-0.1, -0.05) is 19.9 Å². The van der Waals surface area contributed by atoms with E-state index in [1.54, 1.807) is 0 Å². The molecule has 4 nitrogen and oxygen atoms in total. The molecule has 2 aromatic heterocycles. The zero-order valence-electron chi connectivity index (χ0n) is 11.0. The quantitative estimate of drug-likeness (QED) is 0.877. The van der Waals surface area contributed by atoms with Gasteiger partial charge in [0.15, 0.2) is 0 Å². The van der Waals surface area contributed by atoms with Crippen molar-refractivity contribution in [1.29, 1.82) is 0 Å². The van der Waals surface area contributed by atoms with Crippen LogP contribution in [-0.4, -0.2) is 20.6 Å². The van der Waals surface area contributed by atoms with E-state index >= 15 is 0 Å². The Labute approximate surface area is 108 Å². The Balaban J connectivity index is 2.44. The van der Waals surface area contributed by atoms with Gasteiger partial charge in [-0.05, 0) is 18.6 Å². The SMILES string of the molecule is CCc1nccn1C(c1ccccn1)C(N)CC. The first-order valence-electron chi connectivity index (χ1n) is 6.46. The Morgan fingerprint density at radius 1 is 1.22 bits per heavy atom. The van der Waals surface area contributed by atoms with Crippen molar-refractivity contribution in [2.75, 3.05) is 0 Å². The molecule has 2 unspecified atom stereocenters. The highest BCUT2D eigenvalue weighted by atomic mass is 15.1. The van der Waals surface area contributed by atoms with Gasteiger partial charge in [0.2, 0.25) is 0 Å². The number of nitrogens with two attached hydrogens (primary N) is 1. The first-order valence-corrected chi connectivity index (χ1v) is 6.46. The zero-order valence-corrected chi connectivity index (χ0v) is 11.0. The van der Waals surface area contributed by atoms with E-state index in [0.29, 0.717) is 0 Å². The van der Waals surface area contributed by atoms with Gasteiger partial charge < -0.3 is 10.3 Å². The first kappa shape index (κ1) is 12.8. The van der Waals surface area contributed by atoms with Crippen LogP contribution in [0.1, 0.15) is 37.8 Å². The maximum absolute atomic E-state index is 6.28. The van der Waals surface area contributed by atoms with Gasteiger partial charge >= 0.3 is 0 Å². The fraction of sp³-hybridized carbons (Fsp3) is 0.429. The lowest BCUT2D eigenvalue weighted by Gasteiger charge is -2.25. The lowest BCUT2D eigenvalue weighted by molar-refractivity contribution is 0.438. The molecule has 0 fully saturated rings. The van der Waals surface area contributed by atoms with Crippen LogP contribution < -0.4 is 5.73 Å². The fourth-order valence-electron chi connectivity index (χ4n) is 2.21. The molecular formula is C14H20N4. The van der Waals surface area contributed by atoms with Gasteiger partial charge in [-0.2, -0.15) is 0 Å². The maximum atomic E-state index is 6.28. The van der Waals surface area contributed by atoms with Gasteiger partial charge in [0.1, 0.15) is 5.82 Å². The Kier molecular flexibility index (Phi) is 4.10. The molecule has 0 aromatic carbocycles. The second-order valence-electron chi connectivity index (χ2n) is 4.38. The number of imidazole rings is 1. The summed E-state index contributed by atoms with van der Waals surface area (Å²) in [6.45, 7) is 4.20. The number of nitrogens with zero attached hydrogens (tertiary/aromatic N) is 3. The van der Waals surface area contributed by atoms with Crippen LogP contribution in [0.15, 0.2) is 36.8 Å². The lowest BCUT2D eigenvalue weighted by Crippen LogP contribution is -2.33. The van der Waals surface area contributed by atoms with E-state index in [-0.39, 0.29) is 12.1 Å². The molecule has 0 bridgehead atoms. The second-order valence-corrected chi connectivity index (χ2v) is 4.38. The highest BCUT2D eigenvalue weighted by molar-refractivity contribution is 5.15. The molecular weight excluding hydrogens is 224 g/mol. The van der Waals surface area contributed by atoms with E-state index in [2.05, 4.69) is 28.4 Å². The van der Waals surface area contributed by atoms with Crippen molar-refractivity contribution in [3.63, 3.8) is 0 Å². The molecule has 4 heteroatoms. The number of rotatable bonds is 5. The van der Waals surface area contributed by atoms with Crippen LogP contribution in [0.3, 0.4) is 0 Å². The number of pyridine rings is 1. The fourth-order valence-corrected chi connectivity index (χ4v) is 2.21. The highest BCUT2D eigenvalue weighted by Crippen LogP contribution is 2.22. The summed E-state index contributed by atoms with van der Waals surface area (Å²) in [7, 11) is 0. The van der Waals surface area contributed by atoms with Crippen molar-refractivity contribution >= 4 is 0 Å². The van der Waals surface area contributed by atoms with Crippen LogP contribution in [0, 0.1) is 0 Å². The van der Waals surface area contributed by atoms with Gasteiger partial charge in [0.25, 0.3) is 0 Å². The summed E-state index contributed by atoms with van der Waals surface area (Å²) >= 11 is 0. The smallest absolute Gasteiger partial charge is 0.109 e. The topological polar surface area (TPSA) is 56.7 Å². The van der Waals surface area contributed by atoms with Crippen LogP contribution in [0.5, 0.6) is 0 Å². The predicted octanol–water partition coefficient (Wildman–Crippen LogP) is 2.17. The highest BCUT2D eigenvalue weighted by Gasteiger charge is 2.23. The lowest BCUT2D eigenvalue weighted by atomic mass is 10.0. The van der Waals surface area contributed by atoms with Crippen molar-refractivity contribution in [3.05, 3.63) is 48.3 Å². The Morgan fingerprint density at radius 2 is 2.06 bits per heavy atom. The van der Waals surface area contributed by atoms with Crippen molar-refractivity contribution in [2.45, 2.75) is 38.8 Å². The van der Waals surface area contributed by atoms with E-state index < -0.39 is 0 Å². The standard InChI is InChI=1S/C14H20N4/c1-3-11(15)14(12-7-5-6-8-16-12)18-10-9-17-13(18)4-2/h5-11,14H,3-4,15H2,1-2H3. The Hall–Kier alpha value is -1.68. The Bertz CT molecular complexity index is 478. The van der Waals surface area contributed by atoms with Gasteiger partial charge in [0.05, 0.1) is 11.7 Å². The molecule has 0 saturated heterocycles. The minimum Gasteiger partial charge on any atom is -0.326 e. The summed E-state index contributed by atoms with van der Waals surface area (Å²) in [6.07, 6.45) is 7.44. The molecule has 2 atom stereocenters. The van der Waals surface area contributed by atoms with Crippen molar-refractivity contribution < 1.29 is 0 Å². The summed E-state index contributed by atoms with van der Waals surface area (Å²) in [5.41, 5.74) is 7.28. The number of aromatic nitrogens is 3. The maximum Gasteiger partial charge on any atom is 0.109 e. The summed E-state index contributed by atoms with van der Waals surface area (Å²) in [5.74, 6) is 1.05. The van der Waals surface area contributed by atoms with E-state index in [1.807, 2.05) is 36.8 Å². The van der Waals surface area contributed by atoms with Crippen LogP contribution in [0.4, 0.5) is 0 Å². The van der Waals surface area contributed by atoms with Gasteiger partial charge in [-0.15, -0.1) is 0 Å².